The molecule has 0 heterocycles. The topological polar surface area (TPSA) is 0 Å². The van der Waals surface area contributed by atoms with Crippen LogP contribution >= 0.6 is 54.5 Å². The third kappa shape index (κ3) is 2.51. The SMILES string of the molecule is Brc1cccc(C(Br)I)c1. The van der Waals surface area contributed by atoms with Crippen molar-refractivity contribution < 1.29 is 0 Å². The smallest absolute Gasteiger partial charge is 0.0722 e. The van der Waals surface area contributed by atoms with Gasteiger partial charge in [-0.1, -0.05) is 66.6 Å². The Labute approximate surface area is 90.8 Å². The zero-order valence-electron chi connectivity index (χ0n) is 5.02. The van der Waals surface area contributed by atoms with Crippen LogP contribution in [0.15, 0.2) is 28.7 Å². The molecule has 0 fully saturated rings. The minimum Gasteiger partial charge on any atom is -0.0722 e. The Morgan fingerprint density at radius 2 is 2.10 bits per heavy atom. The quantitative estimate of drug-likeness (QED) is 0.508. The lowest BCUT2D eigenvalue weighted by molar-refractivity contribution is 1.43. The van der Waals surface area contributed by atoms with Crippen molar-refractivity contribution >= 4 is 54.5 Å². The van der Waals surface area contributed by atoms with Crippen LogP contribution in [0.25, 0.3) is 0 Å². The molecule has 0 radical (unpaired) electrons. The van der Waals surface area contributed by atoms with Crippen molar-refractivity contribution in [3.63, 3.8) is 0 Å². The predicted octanol–water partition coefficient (Wildman–Crippen LogP) is 4.28. The maximum Gasteiger partial charge on any atom is 0.0911 e. The second-order valence-corrected chi connectivity index (χ2v) is 6.64. The fourth-order valence-corrected chi connectivity index (χ4v) is 1.73. The Kier molecular flexibility index (Phi) is 3.66. The molecule has 1 aromatic rings. The minimum absolute atomic E-state index is 0.405. The summed E-state index contributed by atoms with van der Waals surface area (Å²) in [7, 11) is 0. The van der Waals surface area contributed by atoms with E-state index in [4.69, 9.17) is 0 Å². The van der Waals surface area contributed by atoms with E-state index in [0.29, 0.717) is 2.83 Å². The Morgan fingerprint density at radius 1 is 1.40 bits per heavy atom. The molecule has 0 N–H and O–H groups in total. The van der Waals surface area contributed by atoms with E-state index < -0.39 is 0 Å². The molecular formula is C7H5Br2I. The molecule has 0 bridgehead atoms. The second-order valence-electron chi connectivity index (χ2n) is 1.86. The molecule has 0 saturated heterocycles. The van der Waals surface area contributed by atoms with Gasteiger partial charge < -0.3 is 0 Å². The van der Waals surface area contributed by atoms with Crippen molar-refractivity contribution in [1.29, 1.82) is 0 Å². The molecule has 10 heavy (non-hydrogen) atoms. The van der Waals surface area contributed by atoms with Gasteiger partial charge in [0, 0.05) is 4.47 Å². The van der Waals surface area contributed by atoms with Crippen molar-refractivity contribution in [1.82, 2.24) is 0 Å². The summed E-state index contributed by atoms with van der Waals surface area (Å²) in [4.78, 5) is 0. The van der Waals surface area contributed by atoms with Crippen LogP contribution in [0.3, 0.4) is 0 Å². The fourth-order valence-electron chi connectivity index (χ4n) is 0.642. The van der Waals surface area contributed by atoms with Gasteiger partial charge in [-0.3, -0.25) is 0 Å². The minimum atomic E-state index is 0.405. The first kappa shape index (κ1) is 9.00. The van der Waals surface area contributed by atoms with E-state index in [-0.39, 0.29) is 0 Å². The van der Waals surface area contributed by atoms with Crippen LogP contribution < -0.4 is 0 Å². The van der Waals surface area contributed by atoms with E-state index in [1.54, 1.807) is 0 Å². The van der Waals surface area contributed by atoms with Gasteiger partial charge in [0.25, 0.3) is 0 Å². The highest BCUT2D eigenvalue weighted by Crippen LogP contribution is 2.30. The van der Waals surface area contributed by atoms with Gasteiger partial charge in [-0.05, 0) is 17.7 Å². The first-order chi connectivity index (χ1) is 4.70. The second kappa shape index (κ2) is 4.07. The van der Waals surface area contributed by atoms with E-state index >= 15 is 0 Å². The Balaban J connectivity index is 2.96. The zero-order chi connectivity index (χ0) is 7.56. The maximum atomic E-state index is 3.48. The monoisotopic (exact) mass is 374 g/mol. The van der Waals surface area contributed by atoms with Crippen LogP contribution in [0.2, 0.25) is 0 Å². The predicted molar refractivity (Wildman–Crippen MR) is 59.8 cm³/mol. The number of alkyl halides is 2. The molecule has 0 saturated carbocycles. The van der Waals surface area contributed by atoms with Crippen LogP contribution in [0.4, 0.5) is 0 Å². The third-order valence-corrected chi connectivity index (χ3v) is 2.84. The first-order valence-corrected chi connectivity index (χ1v) is 5.69. The number of rotatable bonds is 1. The molecule has 0 nitrogen and oxygen atoms in total. The molecule has 0 aromatic heterocycles. The standard InChI is InChI=1S/C7H5Br2I/c8-6-3-1-2-5(4-6)7(9)10/h1-4,7H. The molecule has 0 aliphatic carbocycles. The van der Waals surface area contributed by atoms with E-state index in [2.05, 4.69) is 66.6 Å². The highest BCUT2D eigenvalue weighted by atomic mass is 127. The van der Waals surface area contributed by atoms with Crippen molar-refractivity contribution in [3.8, 4) is 0 Å². The fraction of sp³-hybridized carbons (Fsp3) is 0.143. The Morgan fingerprint density at radius 3 is 2.50 bits per heavy atom. The number of benzene rings is 1. The van der Waals surface area contributed by atoms with E-state index in [1.165, 1.54) is 5.56 Å². The van der Waals surface area contributed by atoms with Crippen LogP contribution in [-0.2, 0) is 0 Å². The summed E-state index contributed by atoms with van der Waals surface area (Å²) < 4.78 is 1.54. The average molecular weight is 376 g/mol. The normalized spacial score (nSPS) is 13.1. The third-order valence-electron chi connectivity index (χ3n) is 1.10. The van der Waals surface area contributed by atoms with Crippen LogP contribution in [-0.4, -0.2) is 0 Å². The molecule has 0 aliphatic rings. The Bertz CT molecular complexity index is 223. The van der Waals surface area contributed by atoms with Gasteiger partial charge in [0.05, 0.1) is 2.83 Å². The van der Waals surface area contributed by atoms with Gasteiger partial charge in [-0.2, -0.15) is 0 Å². The zero-order valence-corrected chi connectivity index (χ0v) is 10.4. The molecule has 0 aliphatic heterocycles. The maximum absolute atomic E-state index is 3.48. The Hall–Kier alpha value is 0.910. The lowest BCUT2D eigenvalue weighted by Gasteiger charge is -2.00. The summed E-state index contributed by atoms with van der Waals surface area (Å²) in [6.07, 6.45) is 0. The summed E-state index contributed by atoms with van der Waals surface area (Å²) in [5.41, 5.74) is 1.29. The lowest BCUT2D eigenvalue weighted by Crippen LogP contribution is -1.77. The molecular weight excluding hydrogens is 371 g/mol. The summed E-state index contributed by atoms with van der Waals surface area (Å²) in [6.45, 7) is 0. The summed E-state index contributed by atoms with van der Waals surface area (Å²) in [5, 5.41) is 0. The van der Waals surface area contributed by atoms with Gasteiger partial charge in [-0.15, -0.1) is 0 Å². The van der Waals surface area contributed by atoms with Gasteiger partial charge >= 0.3 is 0 Å². The summed E-state index contributed by atoms with van der Waals surface area (Å²) >= 11 is 9.21. The van der Waals surface area contributed by atoms with Gasteiger partial charge in [-0.25, -0.2) is 0 Å². The van der Waals surface area contributed by atoms with Crippen molar-refractivity contribution in [3.05, 3.63) is 34.3 Å². The molecule has 3 heteroatoms. The number of halogens is 3. The average Bonchev–Trinajstić information content (AvgIpc) is 1.88. The van der Waals surface area contributed by atoms with Gasteiger partial charge in [0.15, 0.2) is 0 Å². The van der Waals surface area contributed by atoms with E-state index in [0.717, 1.165) is 4.47 Å². The molecule has 1 aromatic carbocycles. The molecule has 1 rings (SSSR count). The molecule has 0 spiro atoms. The summed E-state index contributed by atoms with van der Waals surface area (Å²) in [5.74, 6) is 0. The van der Waals surface area contributed by atoms with Crippen LogP contribution in [0, 0.1) is 0 Å². The molecule has 0 amide bonds. The molecule has 1 atom stereocenters. The number of hydrogen-bond acceptors (Lipinski definition) is 0. The van der Waals surface area contributed by atoms with Crippen LogP contribution in [0.5, 0.6) is 0 Å². The highest BCUT2D eigenvalue weighted by molar-refractivity contribution is 14.1. The van der Waals surface area contributed by atoms with Crippen molar-refractivity contribution in [2.45, 2.75) is 2.83 Å². The first-order valence-electron chi connectivity index (χ1n) is 2.74. The van der Waals surface area contributed by atoms with Crippen LogP contribution in [0.1, 0.15) is 8.40 Å². The van der Waals surface area contributed by atoms with E-state index in [1.807, 2.05) is 12.1 Å². The number of hydrogen-bond donors (Lipinski definition) is 0. The molecule has 1 unspecified atom stereocenters. The molecule has 54 valence electrons. The largest absolute Gasteiger partial charge is 0.0911 e. The summed E-state index contributed by atoms with van der Waals surface area (Å²) in [6, 6.07) is 8.25. The van der Waals surface area contributed by atoms with Gasteiger partial charge in [0.1, 0.15) is 0 Å². The van der Waals surface area contributed by atoms with Crippen molar-refractivity contribution in [2.75, 3.05) is 0 Å². The lowest BCUT2D eigenvalue weighted by atomic mass is 10.2. The van der Waals surface area contributed by atoms with Crippen molar-refractivity contribution in [2.24, 2.45) is 0 Å². The van der Waals surface area contributed by atoms with E-state index in [9.17, 15) is 0 Å². The highest BCUT2D eigenvalue weighted by Gasteiger charge is 2.00. The van der Waals surface area contributed by atoms with Gasteiger partial charge in [0.2, 0.25) is 0 Å².